The lowest BCUT2D eigenvalue weighted by atomic mass is 10.3. The Morgan fingerprint density at radius 3 is 2.46 bits per heavy atom. The first-order valence-electron chi connectivity index (χ1n) is 8.10. The fourth-order valence-electron chi connectivity index (χ4n) is 2.14. The number of benzene rings is 2. The maximum absolute atomic E-state index is 12.0. The van der Waals surface area contributed by atoms with Gasteiger partial charge in [0.05, 0.1) is 19.3 Å². The molecule has 5 heteroatoms. The third kappa shape index (κ3) is 5.83. The number of nitrogens with one attached hydrogen (secondary N) is 2. The van der Waals surface area contributed by atoms with Crippen molar-refractivity contribution < 1.29 is 14.3 Å². The highest BCUT2D eigenvalue weighted by Gasteiger charge is 2.04. The highest BCUT2D eigenvalue weighted by Crippen LogP contribution is 2.19. The molecule has 2 aromatic carbocycles. The molecule has 0 bridgehead atoms. The van der Waals surface area contributed by atoms with Gasteiger partial charge in [0.15, 0.2) is 0 Å². The minimum Gasteiger partial charge on any atom is -0.494 e. The van der Waals surface area contributed by atoms with Crippen LogP contribution in [0.4, 0.5) is 11.4 Å². The number of carbonyl (C=O) groups is 1. The van der Waals surface area contributed by atoms with E-state index in [2.05, 4.69) is 10.6 Å². The van der Waals surface area contributed by atoms with Gasteiger partial charge in [-0.2, -0.15) is 0 Å². The van der Waals surface area contributed by atoms with E-state index in [-0.39, 0.29) is 18.6 Å². The first kappa shape index (κ1) is 17.7. The predicted molar refractivity (Wildman–Crippen MR) is 96.9 cm³/mol. The van der Waals surface area contributed by atoms with Crippen LogP contribution in [0.25, 0.3) is 0 Å². The Morgan fingerprint density at radius 2 is 1.79 bits per heavy atom. The number of carbonyl (C=O) groups excluding carboxylic acids is 1. The van der Waals surface area contributed by atoms with Gasteiger partial charge in [-0.1, -0.05) is 6.07 Å². The maximum atomic E-state index is 12.0. The molecule has 1 amide bonds. The second-order valence-corrected chi connectivity index (χ2v) is 5.55. The summed E-state index contributed by atoms with van der Waals surface area (Å²) in [5.74, 6) is 1.45. The topological polar surface area (TPSA) is 59.6 Å². The van der Waals surface area contributed by atoms with Crippen LogP contribution < -0.4 is 20.1 Å². The third-order valence-corrected chi connectivity index (χ3v) is 3.11. The minimum absolute atomic E-state index is 0.114. The lowest BCUT2D eigenvalue weighted by molar-refractivity contribution is -0.114. The van der Waals surface area contributed by atoms with Crippen molar-refractivity contribution in [2.75, 3.05) is 23.8 Å². The van der Waals surface area contributed by atoms with E-state index in [0.29, 0.717) is 6.61 Å². The van der Waals surface area contributed by atoms with E-state index >= 15 is 0 Å². The Kier molecular flexibility index (Phi) is 6.49. The molecule has 0 aliphatic rings. The van der Waals surface area contributed by atoms with Crippen LogP contribution in [0.5, 0.6) is 11.5 Å². The smallest absolute Gasteiger partial charge is 0.243 e. The van der Waals surface area contributed by atoms with Gasteiger partial charge in [0.25, 0.3) is 0 Å². The fourth-order valence-corrected chi connectivity index (χ4v) is 2.14. The van der Waals surface area contributed by atoms with Gasteiger partial charge in [0, 0.05) is 17.4 Å². The lowest BCUT2D eigenvalue weighted by Gasteiger charge is -2.12. The largest absolute Gasteiger partial charge is 0.494 e. The van der Waals surface area contributed by atoms with Crippen LogP contribution >= 0.6 is 0 Å². The summed E-state index contributed by atoms with van der Waals surface area (Å²) in [5.41, 5.74) is 1.58. The number of ether oxygens (including phenoxy) is 2. The zero-order chi connectivity index (χ0) is 17.4. The predicted octanol–water partition coefficient (Wildman–Crippen LogP) is 3.92. The first-order chi connectivity index (χ1) is 11.6. The van der Waals surface area contributed by atoms with Crippen molar-refractivity contribution in [2.45, 2.75) is 26.9 Å². The minimum atomic E-state index is -0.116. The molecule has 0 aromatic heterocycles. The number of amides is 1. The van der Waals surface area contributed by atoms with Gasteiger partial charge in [0.2, 0.25) is 5.91 Å². The summed E-state index contributed by atoms with van der Waals surface area (Å²) in [6, 6.07) is 14.9. The number of hydrogen-bond acceptors (Lipinski definition) is 4. The average molecular weight is 328 g/mol. The molecule has 0 atom stereocenters. The summed E-state index contributed by atoms with van der Waals surface area (Å²) in [4.78, 5) is 12.0. The van der Waals surface area contributed by atoms with E-state index in [1.54, 1.807) is 0 Å². The summed E-state index contributed by atoms with van der Waals surface area (Å²) >= 11 is 0. The Labute approximate surface area is 143 Å². The van der Waals surface area contributed by atoms with E-state index in [0.717, 1.165) is 22.9 Å². The second kappa shape index (κ2) is 8.82. The molecule has 0 saturated carbocycles. The molecular formula is C19H24N2O3. The molecule has 0 aliphatic heterocycles. The Bertz CT molecular complexity index is 654. The van der Waals surface area contributed by atoms with Gasteiger partial charge in [-0.15, -0.1) is 0 Å². The van der Waals surface area contributed by atoms with Crippen LogP contribution in [0.15, 0.2) is 48.5 Å². The molecule has 5 nitrogen and oxygen atoms in total. The van der Waals surface area contributed by atoms with Crippen LogP contribution in [0.2, 0.25) is 0 Å². The normalized spacial score (nSPS) is 10.3. The Balaban J connectivity index is 1.84. The molecule has 0 spiro atoms. The average Bonchev–Trinajstić information content (AvgIpc) is 2.55. The summed E-state index contributed by atoms with van der Waals surface area (Å²) in [5, 5.41) is 5.93. The first-order valence-corrected chi connectivity index (χ1v) is 8.10. The zero-order valence-electron chi connectivity index (χ0n) is 14.3. The second-order valence-electron chi connectivity index (χ2n) is 5.55. The van der Waals surface area contributed by atoms with Crippen molar-refractivity contribution in [1.29, 1.82) is 0 Å². The van der Waals surface area contributed by atoms with Crippen molar-refractivity contribution in [1.82, 2.24) is 0 Å². The van der Waals surface area contributed by atoms with Gasteiger partial charge in [0.1, 0.15) is 11.5 Å². The molecule has 0 unspecified atom stereocenters. The lowest BCUT2D eigenvalue weighted by Crippen LogP contribution is -2.21. The van der Waals surface area contributed by atoms with Crippen LogP contribution in [0.1, 0.15) is 20.8 Å². The van der Waals surface area contributed by atoms with Gasteiger partial charge in [-0.05, 0) is 57.2 Å². The van der Waals surface area contributed by atoms with E-state index in [1.807, 2.05) is 69.3 Å². The molecule has 0 aliphatic carbocycles. The van der Waals surface area contributed by atoms with Gasteiger partial charge in [-0.25, -0.2) is 0 Å². The van der Waals surface area contributed by atoms with Crippen LogP contribution in [0, 0.1) is 0 Å². The summed E-state index contributed by atoms with van der Waals surface area (Å²) in [6.45, 7) is 6.69. The van der Waals surface area contributed by atoms with Gasteiger partial charge < -0.3 is 20.1 Å². The van der Waals surface area contributed by atoms with E-state index < -0.39 is 0 Å². The number of hydrogen-bond donors (Lipinski definition) is 2. The van der Waals surface area contributed by atoms with Crippen molar-refractivity contribution in [3.63, 3.8) is 0 Å². The molecule has 0 heterocycles. The Hall–Kier alpha value is -2.69. The van der Waals surface area contributed by atoms with Crippen LogP contribution in [-0.4, -0.2) is 25.2 Å². The van der Waals surface area contributed by atoms with Gasteiger partial charge >= 0.3 is 0 Å². The molecule has 2 rings (SSSR count). The van der Waals surface area contributed by atoms with Crippen molar-refractivity contribution in [3.05, 3.63) is 48.5 Å². The fraction of sp³-hybridized carbons (Fsp3) is 0.316. The molecule has 0 radical (unpaired) electrons. The van der Waals surface area contributed by atoms with Crippen LogP contribution in [-0.2, 0) is 4.79 Å². The van der Waals surface area contributed by atoms with Crippen LogP contribution in [0.3, 0.4) is 0 Å². The Morgan fingerprint density at radius 1 is 1.04 bits per heavy atom. The molecule has 2 aromatic rings. The highest BCUT2D eigenvalue weighted by molar-refractivity contribution is 5.93. The van der Waals surface area contributed by atoms with Crippen molar-refractivity contribution in [2.24, 2.45) is 0 Å². The van der Waals surface area contributed by atoms with Crippen molar-refractivity contribution in [3.8, 4) is 11.5 Å². The standard InChI is InChI=1S/C19H24N2O3/c1-4-23-17-10-8-15(9-11-17)21-19(22)13-20-16-6-5-7-18(12-16)24-14(2)3/h5-12,14,20H,4,13H2,1-3H3,(H,21,22). The number of rotatable bonds is 8. The van der Waals surface area contributed by atoms with Gasteiger partial charge in [-0.3, -0.25) is 4.79 Å². The summed E-state index contributed by atoms with van der Waals surface area (Å²) in [6.07, 6.45) is 0.114. The summed E-state index contributed by atoms with van der Waals surface area (Å²) < 4.78 is 11.0. The molecular weight excluding hydrogens is 304 g/mol. The molecule has 128 valence electrons. The number of anilines is 2. The van der Waals surface area contributed by atoms with E-state index in [9.17, 15) is 4.79 Å². The molecule has 24 heavy (non-hydrogen) atoms. The third-order valence-electron chi connectivity index (χ3n) is 3.11. The quantitative estimate of drug-likeness (QED) is 0.771. The maximum Gasteiger partial charge on any atom is 0.243 e. The summed E-state index contributed by atoms with van der Waals surface area (Å²) in [7, 11) is 0. The monoisotopic (exact) mass is 328 g/mol. The van der Waals surface area contributed by atoms with E-state index in [1.165, 1.54) is 0 Å². The molecule has 0 saturated heterocycles. The molecule has 2 N–H and O–H groups in total. The molecule has 0 fully saturated rings. The van der Waals surface area contributed by atoms with E-state index in [4.69, 9.17) is 9.47 Å². The highest BCUT2D eigenvalue weighted by atomic mass is 16.5. The zero-order valence-corrected chi connectivity index (χ0v) is 14.3. The SMILES string of the molecule is CCOc1ccc(NC(=O)CNc2cccc(OC(C)C)c2)cc1. The van der Waals surface area contributed by atoms with Crippen molar-refractivity contribution >= 4 is 17.3 Å².